The van der Waals surface area contributed by atoms with Gasteiger partial charge in [0, 0.05) is 11.1 Å². The van der Waals surface area contributed by atoms with Gasteiger partial charge >= 0.3 is 0 Å². The molecule has 1 amide bonds. The number of carbonyl (C=O) groups excluding carboxylic acids is 1. The third-order valence-corrected chi connectivity index (χ3v) is 4.14. The molecule has 3 aromatic carbocycles. The second-order valence-corrected chi connectivity index (χ2v) is 5.70. The molecule has 1 N–H and O–H groups in total. The summed E-state index contributed by atoms with van der Waals surface area (Å²) in [6, 6.07) is 16.4. The molecule has 0 aliphatic rings. The smallest absolute Gasteiger partial charge is 0.271 e. The molecule has 6 nitrogen and oxygen atoms in total. The van der Waals surface area contributed by atoms with Gasteiger partial charge in [-0.3, -0.25) is 4.79 Å². The van der Waals surface area contributed by atoms with Gasteiger partial charge in [0.05, 0.1) is 27.5 Å². The van der Waals surface area contributed by atoms with Crippen LogP contribution in [0.5, 0.6) is 17.2 Å². The topological polar surface area (TPSA) is 69.2 Å². The molecule has 0 atom stereocenters. The Morgan fingerprint density at radius 2 is 1.67 bits per heavy atom. The molecule has 0 bridgehead atoms. The zero-order valence-corrected chi connectivity index (χ0v) is 15.4. The largest absolute Gasteiger partial charge is 0.497 e. The van der Waals surface area contributed by atoms with Crippen molar-refractivity contribution in [1.82, 2.24) is 5.43 Å². The molecule has 0 radical (unpaired) electrons. The maximum absolute atomic E-state index is 12.3. The molecule has 0 heterocycles. The van der Waals surface area contributed by atoms with E-state index in [1.807, 2.05) is 30.3 Å². The second kappa shape index (κ2) is 8.23. The first-order chi connectivity index (χ1) is 13.2. The first kappa shape index (κ1) is 18.3. The summed E-state index contributed by atoms with van der Waals surface area (Å²) in [5.41, 5.74) is 3.74. The lowest BCUT2D eigenvalue weighted by atomic mass is 10.0. The van der Waals surface area contributed by atoms with Crippen LogP contribution in [0.1, 0.15) is 15.9 Å². The molecule has 0 aliphatic heterocycles. The van der Waals surface area contributed by atoms with Gasteiger partial charge in [0.15, 0.2) is 0 Å². The van der Waals surface area contributed by atoms with Crippen LogP contribution in [0.3, 0.4) is 0 Å². The number of ether oxygens (including phenoxy) is 3. The van der Waals surface area contributed by atoms with Crippen molar-refractivity contribution < 1.29 is 19.0 Å². The van der Waals surface area contributed by atoms with Gasteiger partial charge in [-0.1, -0.05) is 18.2 Å². The van der Waals surface area contributed by atoms with Crippen molar-refractivity contribution in [3.05, 3.63) is 65.7 Å². The van der Waals surface area contributed by atoms with Crippen LogP contribution in [-0.2, 0) is 0 Å². The maximum atomic E-state index is 12.3. The molecule has 3 aromatic rings. The van der Waals surface area contributed by atoms with Crippen LogP contribution in [0.25, 0.3) is 10.8 Å². The number of amides is 1. The number of nitrogens with zero attached hydrogens (tertiary/aromatic N) is 1. The van der Waals surface area contributed by atoms with E-state index >= 15 is 0 Å². The highest BCUT2D eigenvalue weighted by Gasteiger charge is 2.09. The molecular formula is C21H20N2O4. The molecule has 27 heavy (non-hydrogen) atoms. The fourth-order valence-corrected chi connectivity index (χ4v) is 2.72. The van der Waals surface area contributed by atoms with E-state index in [1.165, 1.54) is 0 Å². The van der Waals surface area contributed by atoms with E-state index in [1.54, 1.807) is 51.8 Å². The summed E-state index contributed by atoms with van der Waals surface area (Å²) in [4.78, 5) is 12.3. The van der Waals surface area contributed by atoms with Crippen LogP contribution >= 0.6 is 0 Å². The lowest BCUT2D eigenvalue weighted by Crippen LogP contribution is -2.17. The number of hydrogen-bond donors (Lipinski definition) is 1. The Morgan fingerprint density at radius 3 is 2.41 bits per heavy atom. The quantitative estimate of drug-likeness (QED) is 0.536. The van der Waals surface area contributed by atoms with Crippen LogP contribution in [0.2, 0.25) is 0 Å². The molecule has 3 rings (SSSR count). The SMILES string of the molecule is COc1cccc(C(=O)N/N=C\c2c(OC)ccc3ccc(OC)cc23)c1. The molecule has 0 spiro atoms. The number of nitrogens with one attached hydrogen (secondary N) is 1. The van der Waals surface area contributed by atoms with E-state index < -0.39 is 0 Å². The monoisotopic (exact) mass is 364 g/mol. The molecule has 0 unspecified atom stereocenters. The second-order valence-electron chi connectivity index (χ2n) is 5.70. The third kappa shape index (κ3) is 4.00. The van der Waals surface area contributed by atoms with Crippen LogP contribution < -0.4 is 19.6 Å². The number of methoxy groups -OCH3 is 3. The summed E-state index contributed by atoms with van der Waals surface area (Å²) in [6.07, 6.45) is 1.57. The molecule has 6 heteroatoms. The molecule has 0 saturated heterocycles. The molecule has 0 aromatic heterocycles. The summed E-state index contributed by atoms with van der Waals surface area (Å²) in [7, 11) is 4.76. The van der Waals surface area contributed by atoms with Gasteiger partial charge in [-0.15, -0.1) is 0 Å². The Balaban J connectivity index is 1.89. The first-order valence-corrected chi connectivity index (χ1v) is 8.28. The maximum Gasteiger partial charge on any atom is 0.271 e. The number of fused-ring (bicyclic) bond motifs is 1. The standard InChI is InChI=1S/C21H20N2O4/c1-25-16-6-4-5-15(11-16)21(24)23-22-13-19-18-12-17(26-2)9-7-14(18)8-10-20(19)27-3/h4-13H,1-3H3,(H,23,24)/b22-13-. The summed E-state index contributed by atoms with van der Waals surface area (Å²) < 4.78 is 15.9. The molecule has 138 valence electrons. The van der Waals surface area contributed by atoms with Crippen LogP contribution in [-0.4, -0.2) is 33.5 Å². The normalized spacial score (nSPS) is 10.8. The van der Waals surface area contributed by atoms with Gasteiger partial charge in [-0.2, -0.15) is 5.10 Å². The number of hydrazone groups is 1. The average molecular weight is 364 g/mol. The van der Waals surface area contributed by atoms with Crippen molar-refractivity contribution in [3.8, 4) is 17.2 Å². The van der Waals surface area contributed by atoms with Crippen LogP contribution in [0, 0.1) is 0 Å². The Labute approximate surface area is 157 Å². The van der Waals surface area contributed by atoms with E-state index in [0.717, 1.165) is 22.1 Å². The van der Waals surface area contributed by atoms with E-state index in [9.17, 15) is 4.79 Å². The summed E-state index contributed by atoms with van der Waals surface area (Å²) in [5, 5.41) is 6.02. The molecule has 0 aliphatic carbocycles. The van der Waals surface area contributed by atoms with Gasteiger partial charge in [0.25, 0.3) is 5.91 Å². The summed E-state index contributed by atoms with van der Waals surface area (Å²) in [5.74, 6) is 1.65. The Kier molecular flexibility index (Phi) is 5.56. The number of rotatable bonds is 6. The van der Waals surface area contributed by atoms with Gasteiger partial charge in [-0.05, 0) is 47.2 Å². The summed E-state index contributed by atoms with van der Waals surface area (Å²) in [6.45, 7) is 0. The predicted octanol–water partition coefficient (Wildman–Crippen LogP) is 3.63. The van der Waals surface area contributed by atoms with Crippen molar-refractivity contribution in [3.63, 3.8) is 0 Å². The molecule has 0 saturated carbocycles. The van der Waals surface area contributed by atoms with Crippen molar-refractivity contribution in [2.75, 3.05) is 21.3 Å². The highest BCUT2D eigenvalue weighted by atomic mass is 16.5. The van der Waals surface area contributed by atoms with Crippen LogP contribution in [0.15, 0.2) is 59.7 Å². The van der Waals surface area contributed by atoms with Crippen molar-refractivity contribution in [2.45, 2.75) is 0 Å². The highest BCUT2D eigenvalue weighted by Crippen LogP contribution is 2.29. The average Bonchev–Trinajstić information content (AvgIpc) is 2.73. The van der Waals surface area contributed by atoms with Gasteiger partial charge < -0.3 is 14.2 Å². The number of hydrogen-bond acceptors (Lipinski definition) is 5. The van der Waals surface area contributed by atoms with Crippen molar-refractivity contribution >= 4 is 22.9 Å². The molecule has 0 fully saturated rings. The van der Waals surface area contributed by atoms with Gasteiger partial charge in [-0.25, -0.2) is 5.43 Å². The predicted molar refractivity (Wildman–Crippen MR) is 105 cm³/mol. The Bertz CT molecular complexity index is 993. The van der Waals surface area contributed by atoms with Crippen molar-refractivity contribution in [1.29, 1.82) is 0 Å². The van der Waals surface area contributed by atoms with E-state index in [2.05, 4.69) is 10.5 Å². The number of carbonyl (C=O) groups is 1. The van der Waals surface area contributed by atoms with Crippen LogP contribution in [0.4, 0.5) is 0 Å². The minimum absolute atomic E-state index is 0.332. The van der Waals surface area contributed by atoms with Gasteiger partial charge in [0.1, 0.15) is 17.2 Å². The minimum Gasteiger partial charge on any atom is -0.497 e. The summed E-state index contributed by atoms with van der Waals surface area (Å²) >= 11 is 0. The van der Waals surface area contributed by atoms with E-state index in [0.29, 0.717) is 17.1 Å². The Morgan fingerprint density at radius 1 is 0.926 bits per heavy atom. The lowest BCUT2D eigenvalue weighted by molar-refractivity contribution is 0.0955. The van der Waals surface area contributed by atoms with Gasteiger partial charge in [0.2, 0.25) is 0 Å². The Hall–Kier alpha value is -3.54. The fraction of sp³-hybridized carbons (Fsp3) is 0.143. The zero-order valence-electron chi connectivity index (χ0n) is 15.4. The zero-order chi connectivity index (χ0) is 19.2. The lowest BCUT2D eigenvalue weighted by Gasteiger charge is -2.10. The van der Waals surface area contributed by atoms with E-state index in [-0.39, 0.29) is 5.91 Å². The first-order valence-electron chi connectivity index (χ1n) is 8.28. The highest BCUT2D eigenvalue weighted by molar-refractivity contribution is 6.03. The van der Waals surface area contributed by atoms with E-state index in [4.69, 9.17) is 14.2 Å². The number of benzene rings is 3. The fourth-order valence-electron chi connectivity index (χ4n) is 2.72. The van der Waals surface area contributed by atoms with Crippen molar-refractivity contribution in [2.24, 2.45) is 5.10 Å². The molecular weight excluding hydrogens is 344 g/mol. The minimum atomic E-state index is -0.332. The third-order valence-electron chi connectivity index (χ3n) is 4.14.